The van der Waals surface area contributed by atoms with Crippen molar-refractivity contribution >= 4 is 23.5 Å². The Morgan fingerprint density at radius 2 is 2.00 bits per heavy atom. The zero-order valence-corrected chi connectivity index (χ0v) is 19.9. The van der Waals surface area contributed by atoms with E-state index >= 15 is 0 Å². The van der Waals surface area contributed by atoms with Gasteiger partial charge in [-0.15, -0.1) is 5.10 Å². The van der Waals surface area contributed by atoms with Gasteiger partial charge in [0.05, 0.1) is 6.61 Å². The van der Waals surface area contributed by atoms with Crippen LogP contribution in [0, 0.1) is 5.82 Å². The molecule has 2 heterocycles. The highest BCUT2D eigenvalue weighted by molar-refractivity contribution is 7.98. The van der Waals surface area contributed by atoms with Gasteiger partial charge in [-0.05, 0) is 48.6 Å². The molecule has 176 valence electrons. The van der Waals surface area contributed by atoms with Gasteiger partial charge in [-0.3, -0.25) is 4.79 Å². The first-order chi connectivity index (χ1) is 16.6. The maximum Gasteiger partial charge on any atom is 0.227 e. The van der Waals surface area contributed by atoms with Crippen molar-refractivity contribution < 1.29 is 13.9 Å². The summed E-state index contributed by atoms with van der Waals surface area (Å²) in [5.74, 6) is 1.76. The molecule has 1 aliphatic heterocycles. The van der Waals surface area contributed by atoms with Crippen LogP contribution >= 0.6 is 11.8 Å². The van der Waals surface area contributed by atoms with Crippen LogP contribution in [0.2, 0.25) is 0 Å². The van der Waals surface area contributed by atoms with Gasteiger partial charge in [-0.2, -0.15) is 4.98 Å². The first-order valence-corrected chi connectivity index (χ1v) is 12.7. The Morgan fingerprint density at radius 3 is 2.79 bits per heavy atom. The first-order valence-electron chi connectivity index (χ1n) is 11.7. The van der Waals surface area contributed by atoms with E-state index < -0.39 is 0 Å². The van der Waals surface area contributed by atoms with E-state index in [2.05, 4.69) is 17.2 Å². The largest absolute Gasteiger partial charge is 0.494 e. The fraction of sp³-hybridized carbons (Fsp3) is 0.346. The zero-order chi connectivity index (χ0) is 23.5. The van der Waals surface area contributed by atoms with Crippen LogP contribution in [0.3, 0.4) is 0 Å². The average molecular weight is 479 g/mol. The summed E-state index contributed by atoms with van der Waals surface area (Å²) in [6.45, 7) is 2.82. The summed E-state index contributed by atoms with van der Waals surface area (Å²) in [6.07, 6.45) is 4.26. The van der Waals surface area contributed by atoms with Gasteiger partial charge >= 0.3 is 0 Å². The molecular weight excluding hydrogens is 451 g/mol. The Balaban J connectivity index is 1.44. The average Bonchev–Trinajstić information content (AvgIpc) is 3.26. The lowest BCUT2D eigenvalue weighted by molar-refractivity contribution is -0.116. The number of rotatable bonds is 8. The number of benzene rings is 2. The second-order valence-electron chi connectivity index (χ2n) is 8.51. The lowest BCUT2D eigenvalue weighted by atomic mass is 9.85. The van der Waals surface area contributed by atoms with Gasteiger partial charge in [0.15, 0.2) is 5.78 Å². The Labute approximate surface area is 202 Å². The molecule has 0 radical (unpaired) electrons. The number of anilines is 1. The fourth-order valence-electron chi connectivity index (χ4n) is 4.34. The highest BCUT2D eigenvalue weighted by atomic mass is 32.2. The van der Waals surface area contributed by atoms with Crippen molar-refractivity contribution in [3.05, 3.63) is 76.7 Å². The molecule has 2 aliphatic rings. The second-order valence-corrected chi connectivity index (χ2v) is 9.45. The van der Waals surface area contributed by atoms with Crippen LogP contribution in [0.25, 0.3) is 0 Å². The molecule has 1 aliphatic carbocycles. The SMILES string of the molecule is CCCCOc1ccc(C2C3=C(CCCC3=O)Nc3nc(SCc4ccccc4F)nn32)cc1. The number of thioether (sulfide) groups is 1. The molecule has 0 saturated carbocycles. The van der Waals surface area contributed by atoms with Crippen LogP contribution < -0.4 is 10.1 Å². The summed E-state index contributed by atoms with van der Waals surface area (Å²) in [7, 11) is 0. The Hall–Kier alpha value is -3.13. The van der Waals surface area contributed by atoms with Gasteiger partial charge in [0.25, 0.3) is 0 Å². The number of hydrogen-bond donors (Lipinski definition) is 1. The lowest BCUT2D eigenvalue weighted by Gasteiger charge is -2.32. The molecule has 1 aromatic heterocycles. The van der Waals surface area contributed by atoms with Crippen LogP contribution in [0.15, 0.2) is 65.0 Å². The van der Waals surface area contributed by atoms with Crippen molar-refractivity contribution in [1.29, 1.82) is 0 Å². The molecule has 1 unspecified atom stereocenters. The van der Waals surface area contributed by atoms with E-state index in [1.165, 1.54) is 17.8 Å². The van der Waals surface area contributed by atoms with Gasteiger partial charge in [-0.25, -0.2) is 9.07 Å². The monoisotopic (exact) mass is 478 g/mol. The van der Waals surface area contributed by atoms with Gasteiger partial charge in [0.2, 0.25) is 11.1 Å². The molecule has 0 bridgehead atoms. The number of nitrogens with zero attached hydrogens (tertiary/aromatic N) is 3. The third kappa shape index (κ3) is 4.59. The number of unbranched alkanes of at least 4 members (excludes halogenated alkanes) is 1. The number of allylic oxidation sites excluding steroid dienone is 2. The van der Waals surface area contributed by atoms with Crippen molar-refractivity contribution in [2.75, 3.05) is 11.9 Å². The minimum Gasteiger partial charge on any atom is -0.494 e. The minimum absolute atomic E-state index is 0.142. The Kier molecular flexibility index (Phi) is 6.67. The van der Waals surface area contributed by atoms with Crippen LogP contribution in [0.4, 0.5) is 10.3 Å². The zero-order valence-electron chi connectivity index (χ0n) is 19.1. The van der Waals surface area contributed by atoms with Crippen molar-refractivity contribution in [2.24, 2.45) is 0 Å². The number of Topliss-reactive ketones (excluding diaryl/α,β-unsaturated/α-hetero) is 1. The maximum absolute atomic E-state index is 14.1. The van der Waals surface area contributed by atoms with Gasteiger partial charge in [0, 0.05) is 23.4 Å². The minimum atomic E-state index is -0.348. The molecular formula is C26H27FN4O2S. The second kappa shape index (κ2) is 10.0. The van der Waals surface area contributed by atoms with Crippen LogP contribution in [-0.2, 0) is 10.5 Å². The van der Waals surface area contributed by atoms with Crippen LogP contribution in [0.1, 0.15) is 56.2 Å². The molecule has 6 nitrogen and oxygen atoms in total. The number of aromatic nitrogens is 3. The van der Waals surface area contributed by atoms with Crippen LogP contribution in [-0.4, -0.2) is 27.2 Å². The maximum atomic E-state index is 14.1. The normalized spacial score (nSPS) is 17.2. The molecule has 0 spiro atoms. The molecule has 0 fully saturated rings. The number of nitrogens with one attached hydrogen (secondary N) is 1. The van der Waals surface area contributed by atoms with E-state index in [1.807, 2.05) is 30.3 Å². The smallest absolute Gasteiger partial charge is 0.227 e. The predicted molar refractivity (Wildman–Crippen MR) is 130 cm³/mol. The van der Waals surface area contributed by atoms with E-state index in [0.29, 0.717) is 35.4 Å². The molecule has 1 atom stereocenters. The third-order valence-corrected chi connectivity index (χ3v) is 7.01. The number of hydrogen-bond acceptors (Lipinski definition) is 6. The summed E-state index contributed by atoms with van der Waals surface area (Å²) < 4.78 is 21.7. The molecule has 5 rings (SSSR count). The standard InChI is InChI=1S/C26H27FN4O2S/c1-2-3-15-33-19-13-11-17(12-14-19)24-23-21(9-6-10-22(23)32)28-25-29-26(30-31(24)25)34-16-18-7-4-5-8-20(18)27/h4-5,7-8,11-14,24H,2-3,6,9-10,15-16H2,1H3,(H,28,29,30). The first kappa shape index (κ1) is 22.7. The molecule has 3 aromatic rings. The number of fused-ring (bicyclic) bond motifs is 1. The van der Waals surface area contributed by atoms with Gasteiger partial charge < -0.3 is 10.1 Å². The molecule has 1 N–H and O–H groups in total. The lowest BCUT2D eigenvalue weighted by Crippen LogP contribution is -2.31. The number of halogens is 1. The number of carbonyl (C=O) groups excluding carboxylic acids is 1. The van der Waals surface area contributed by atoms with Gasteiger partial charge in [-0.1, -0.05) is 55.4 Å². The molecule has 0 amide bonds. The van der Waals surface area contributed by atoms with Crippen molar-refractivity contribution in [3.8, 4) is 5.75 Å². The van der Waals surface area contributed by atoms with Crippen molar-refractivity contribution in [2.45, 2.75) is 56.0 Å². The topological polar surface area (TPSA) is 69.0 Å². The van der Waals surface area contributed by atoms with E-state index in [9.17, 15) is 9.18 Å². The summed E-state index contributed by atoms with van der Waals surface area (Å²) >= 11 is 1.38. The van der Waals surface area contributed by atoms with Crippen molar-refractivity contribution in [3.63, 3.8) is 0 Å². The molecule has 8 heteroatoms. The quantitative estimate of drug-likeness (QED) is 0.321. The Bertz CT molecular complexity index is 1220. The van der Waals surface area contributed by atoms with Crippen molar-refractivity contribution in [1.82, 2.24) is 14.8 Å². The predicted octanol–water partition coefficient (Wildman–Crippen LogP) is 5.91. The van der Waals surface area contributed by atoms with Crippen LogP contribution in [0.5, 0.6) is 5.75 Å². The highest BCUT2D eigenvalue weighted by Gasteiger charge is 2.36. The molecule has 0 saturated heterocycles. The highest BCUT2D eigenvalue weighted by Crippen LogP contribution is 2.41. The number of ketones is 1. The van der Waals surface area contributed by atoms with Gasteiger partial charge in [0.1, 0.15) is 17.6 Å². The summed E-state index contributed by atoms with van der Waals surface area (Å²) in [5.41, 5.74) is 3.25. The Morgan fingerprint density at radius 1 is 1.18 bits per heavy atom. The fourth-order valence-corrected chi connectivity index (χ4v) is 5.16. The number of ether oxygens (including phenoxy) is 1. The van der Waals surface area contributed by atoms with E-state index in [4.69, 9.17) is 9.84 Å². The van der Waals surface area contributed by atoms with E-state index in [1.54, 1.807) is 16.8 Å². The summed E-state index contributed by atoms with van der Waals surface area (Å²) in [6, 6.07) is 14.3. The summed E-state index contributed by atoms with van der Waals surface area (Å²) in [5, 5.41) is 8.61. The third-order valence-electron chi connectivity index (χ3n) is 6.13. The van der Waals surface area contributed by atoms with E-state index in [-0.39, 0.29) is 17.6 Å². The molecule has 34 heavy (non-hydrogen) atoms. The summed E-state index contributed by atoms with van der Waals surface area (Å²) in [4.78, 5) is 17.7. The van der Waals surface area contributed by atoms with E-state index in [0.717, 1.165) is 48.3 Å². The molecule has 2 aromatic carbocycles. The number of carbonyl (C=O) groups is 1.